The first-order chi connectivity index (χ1) is 8.77. The van der Waals surface area contributed by atoms with Crippen LogP contribution >= 0.6 is 0 Å². The number of rotatable bonds is 5. The lowest BCUT2D eigenvalue weighted by Gasteiger charge is -2.16. The van der Waals surface area contributed by atoms with E-state index in [0.29, 0.717) is 6.54 Å². The second-order valence-electron chi connectivity index (χ2n) is 4.44. The lowest BCUT2D eigenvalue weighted by atomic mass is 9.96. The van der Waals surface area contributed by atoms with Crippen LogP contribution in [0.5, 0.6) is 5.75 Å². The van der Waals surface area contributed by atoms with Crippen LogP contribution in [-0.4, -0.2) is 13.7 Å². The second kappa shape index (κ2) is 5.85. The number of ether oxygens (including phenoxy) is 1. The van der Waals surface area contributed by atoms with Gasteiger partial charge in [0, 0.05) is 11.4 Å². The van der Waals surface area contributed by atoms with Gasteiger partial charge in [0.25, 0.3) is 0 Å². The summed E-state index contributed by atoms with van der Waals surface area (Å²) >= 11 is 0. The Morgan fingerprint density at radius 3 is 2.50 bits per heavy atom. The molecular formula is C15H20N2O. The molecule has 0 radical (unpaired) electrons. The van der Waals surface area contributed by atoms with Crippen LogP contribution in [-0.2, 0) is 0 Å². The quantitative estimate of drug-likeness (QED) is 0.849. The van der Waals surface area contributed by atoms with Crippen molar-refractivity contribution in [2.24, 2.45) is 11.5 Å². The van der Waals surface area contributed by atoms with Gasteiger partial charge < -0.3 is 16.2 Å². The molecule has 2 aromatic carbocycles. The number of hydrogen-bond donors (Lipinski definition) is 2. The minimum atomic E-state index is 0.0318. The standard InChI is InChI=1S/C15H20N2O/c1-18-15-9-8-12(14(17)7-4-10-16)11-5-2-3-6-13(11)15/h2-3,5-6,8-9,14H,4,7,10,16-17H2,1H3/t14-/m1/s1. The fourth-order valence-corrected chi connectivity index (χ4v) is 2.29. The molecule has 0 saturated carbocycles. The number of benzene rings is 2. The van der Waals surface area contributed by atoms with E-state index in [2.05, 4.69) is 18.2 Å². The molecule has 96 valence electrons. The number of methoxy groups -OCH3 is 1. The van der Waals surface area contributed by atoms with Crippen molar-refractivity contribution in [2.75, 3.05) is 13.7 Å². The average molecular weight is 244 g/mol. The molecule has 3 nitrogen and oxygen atoms in total. The van der Waals surface area contributed by atoms with Gasteiger partial charge in [-0.05, 0) is 36.4 Å². The van der Waals surface area contributed by atoms with Crippen molar-refractivity contribution in [3.05, 3.63) is 42.0 Å². The minimum absolute atomic E-state index is 0.0318. The minimum Gasteiger partial charge on any atom is -0.496 e. The van der Waals surface area contributed by atoms with Crippen molar-refractivity contribution in [1.29, 1.82) is 0 Å². The summed E-state index contributed by atoms with van der Waals surface area (Å²) in [4.78, 5) is 0. The van der Waals surface area contributed by atoms with E-state index in [4.69, 9.17) is 16.2 Å². The Kier molecular flexibility index (Phi) is 4.18. The van der Waals surface area contributed by atoms with E-state index >= 15 is 0 Å². The Hall–Kier alpha value is -1.58. The van der Waals surface area contributed by atoms with Crippen molar-refractivity contribution in [3.8, 4) is 5.75 Å². The van der Waals surface area contributed by atoms with Gasteiger partial charge in [0.2, 0.25) is 0 Å². The molecule has 0 amide bonds. The molecule has 0 heterocycles. The van der Waals surface area contributed by atoms with Gasteiger partial charge in [-0.25, -0.2) is 0 Å². The molecule has 18 heavy (non-hydrogen) atoms. The molecule has 0 aliphatic rings. The smallest absolute Gasteiger partial charge is 0.126 e. The van der Waals surface area contributed by atoms with Crippen LogP contribution in [0.15, 0.2) is 36.4 Å². The normalized spacial score (nSPS) is 12.6. The molecule has 0 spiro atoms. The maximum Gasteiger partial charge on any atom is 0.126 e. The Labute approximate surface area is 108 Å². The van der Waals surface area contributed by atoms with Gasteiger partial charge in [-0.1, -0.05) is 30.3 Å². The fourth-order valence-electron chi connectivity index (χ4n) is 2.29. The molecule has 2 rings (SSSR count). The fraction of sp³-hybridized carbons (Fsp3) is 0.333. The molecule has 4 N–H and O–H groups in total. The third-order valence-corrected chi connectivity index (χ3v) is 3.26. The Morgan fingerprint density at radius 2 is 1.83 bits per heavy atom. The first kappa shape index (κ1) is 12.9. The molecule has 2 aromatic rings. The second-order valence-corrected chi connectivity index (χ2v) is 4.44. The summed E-state index contributed by atoms with van der Waals surface area (Å²) in [6.45, 7) is 0.682. The molecule has 0 aliphatic heterocycles. The van der Waals surface area contributed by atoms with Crippen LogP contribution in [0.3, 0.4) is 0 Å². The van der Waals surface area contributed by atoms with Crippen molar-refractivity contribution in [2.45, 2.75) is 18.9 Å². The highest BCUT2D eigenvalue weighted by Gasteiger charge is 2.11. The zero-order valence-electron chi connectivity index (χ0n) is 10.7. The third-order valence-electron chi connectivity index (χ3n) is 3.26. The maximum absolute atomic E-state index is 6.24. The molecule has 3 heteroatoms. The Bertz CT molecular complexity index is 525. The summed E-state index contributed by atoms with van der Waals surface area (Å²) in [7, 11) is 1.69. The van der Waals surface area contributed by atoms with Gasteiger partial charge in [-0.3, -0.25) is 0 Å². The van der Waals surface area contributed by atoms with E-state index in [1.54, 1.807) is 7.11 Å². The lowest BCUT2D eigenvalue weighted by Crippen LogP contribution is -2.13. The number of fused-ring (bicyclic) bond motifs is 1. The predicted octanol–water partition coefficient (Wildman–Crippen LogP) is 2.59. The van der Waals surface area contributed by atoms with Crippen molar-refractivity contribution < 1.29 is 4.74 Å². The summed E-state index contributed by atoms with van der Waals surface area (Å²) in [6, 6.07) is 12.3. The topological polar surface area (TPSA) is 61.3 Å². The third kappa shape index (κ3) is 2.47. The van der Waals surface area contributed by atoms with E-state index < -0.39 is 0 Å². The van der Waals surface area contributed by atoms with Crippen molar-refractivity contribution in [3.63, 3.8) is 0 Å². The summed E-state index contributed by atoms with van der Waals surface area (Å²) in [6.07, 6.45) is 1.86. The van der Waals surface area contributed by atoms with Gasteiger partial charge in [-0.15, -0.1) is 0 Å². The van der Waals surface area contributed by atoms with Crippen LogP contribution < -0.4 is 16.2 Å². The van der Waals surface area contributed by atoms with Gasteiger partial charge in [-0.2, -0.15) is 0 Å². The summed E-state index contributed by atoms with van der Waals surface area (Å²) < 4.78 is 5.38. The van der Waals surface area contributed by atoms with Gasteiger partial charge in [0.05, 0.1) is 7.11 Å². The molecule has 0 saturated heterocycles. The van der Waals surface area contributed by atoms with Gasteiger partial charge in [0.15, 0.2) is 0 Å². The molecule has 0 fully saturated rings. The summed E-state index contributed by atoms with van der Waals surface area (Å²) in [5.41, 5.74) is 12.9. The largest absolute Gasteiger partial charge is 0.496 e. The Morgan fingerprint density at radius 1 is 1.11 bits per heavy atom. The number of hydrogen-bond acceptors (Lipinski definition) is 3. The van der Waals surface area contributed by atoms with Crippen LogP contribution in [0.1, 0.15) is 24.4 Å². The van der Waals surface area contributed by atoms with Crippen LogP contribution in [0.4, 0.5) is 0 Å². The van der Waals surface area contributed by atoms with E-state index in [1.807, 2.05) is 18.2 Å². The van der Waals surface area contributed by atoms with Crippen LogP contribution in [0.25, 0.3) is 10.8 Å². The van der Waals surface area contributed by atoms with Crippen LogP contribution in [0.2, 0.25) is 0 Å². The number of nitrogens with two attached hydrogens (primary N) is 2. The highest BCUT2D eigenvalue weighted by Crippen LogP contribution is 2.31. The maximum atomic E-state index is 6.24. The Balaban J connectivity index is 2.45. The molecule has 1 atom stereocenters. The van der Waals surface area contributed by atoms with E-state index in [9.17, 15) is 0 Å². The molecule has 0 unspecified atom stereocenters. The van der Waals surface area contributed by atoms with E-state index in [0.717, 1.165) is 24.0 Å². The van der Waals surface area contributed by atoms with Crippen LogP contribution in [0, 0.1) is 0 Å². The molecular weight excluding hydrogens is 224 g/mol. The highest BCUT2D eigenvalue weighted by atomic mass is 16.5. The summed E-state index contributed by atoms with van der Waals surface area (Å²) in [5, 5.41) is 2.28. The van der Waals surface area contributed by atoms with Gasteiger partial charge >= 0.3 is 0 Å². The lowest BCUT2D eigenvalue weighted by molar-refractivity contribution is 0.419. The molecule has 0 aliphatic carbocycles. The van der Waals surface area contributed by atoms with Crippen molar-refractivity contribution in [1.82, 2.24) is 0 Å². The van der Waals surface area contributed by atoms with Crippen molar-refractivity contribution >= 4 is 10.8 Å². The van der Waals surface area contributed by atoms with E-state index in [1.165, 1.54) is 10.9 Å². The zero-order chi connectivity index (χ0) is 13.0. The van der Waals surface area contributed by atoms with E-state index in [-0.39, 0.29) is 6.04 Å². The SMILES string of the molecule is COc1ccc([C@H](N)CCCN)c2ccccc12. The molecule has 0 aromatic heterocycles. The summed E-state index contributed by atoms with van der Waals surface area (Å²) in [5.74, 6) is 0.889. The highest BCUT2D eigenvalue weighted by molar-refractivity contribution is 5.91. The monoisotopic (exact) mass is 244 g/mol. The predicted molar refractivity (Wildman–Crippen MR) is 75.7 cm³/mol. The zero-order valence-corrected chi connectivity index (χ0v) is 10.7. The first-order valence-electron chi connectivity index (χ1n) is 6.29. The average Bonchev–Trinajstić information content (AvgIpc) is 2.43. The van der Waals surface area contributed by atoms with Gasteiger partial charge in [0.1, 0.15) is 5.75 Å². The molecule has 0 bridgehead atoms. The first-order valence-corrected chi connectivity index (χ1v) is 6.29.